The molecule has 0 bridgehead atoms. The second-order valence-electron chi connectivity index (χ2n) is 4.65. The summed E-state index contributed by atoms with van der Waals surface area (Å²) in [7, 11) is 0. The number of ketones is 1. The van der Waals surface area contributed by atoms with Crippen molar-refractivity contribution in [3.05, 3.63) is 47.5 Å². The van der Waals surface area contributed by atoms with Crippen molar-refractivity contribution in [3.8, 4) is 0 Å². The Kier molecular flexibility index (Phi) is 3.28. The first kappa shape index (κ1) is 11.8. The molecule has 1 atom stereocenters. The van der Waals surface area contributed by atoms with E-state index in [2.05, 4.69) is 19.9 Å². The van der Waals surface area contributed by atoms with Gasteiger partial charge in [0.05, 0.1) is 0 Å². The van der Waals surface area contributed by atoms with Crippen LogP contribution in [-0.2, 0) is 0 Å². The zero-order chi connectivity index (χ0) is 12.4. The first-order valence-electron chi connectivity index (χ1n) is 6.17. The first-order chi connectivity index (χ1) is 8.15. The van der Waals surface area contributed by atoms with Crippen LogP contribution in [0.2, 0.25) is 0 Å². The zero-order valence-corrected chi connectivity index (χ0v) is 10.7. The third-order valence-corrected chi connectivity index (χ3v) is 3.47. The Balaban J connectivity index is 2.63. The fourth-order valence-electron chi connectivity index (χ4n) is 2.12. The van der Waals surface area contributed by atoms with Crippen LogP contribution >= 0.6 is 0 Å². The lowest BCUT2D eigenvalue weighted by molar-refractivity contribution is 0.0929. The number of carbonyl (C=O) groups excluding carboxylic acids is 1. The number of hydrogen-bond donors (Lipinski definition) is 0. The van der Waals surface area contributed by atoms with Gasteiger partial charge in [0.25, 0.3) is 0 Å². The fourth-order valence-corrected chi connectivity index (χ4v) is 2.12. The van der Waals surface area contributed by atoms with Gasteiger partial charge in [-0.25, -0.2) is 0 Å². The highest BCUT2D eigenvalue weighted by molar-refractivity contribution is 6.09. The van der Waals surface area contributed by atoms with Gasteiger partial charge in [-0.15, -0.1) is 0 Å². The summed E-state index contributed by atoms with van der Waals surface area (Å²) in [5.41, 5.74) is 2.09. The number of rotatable bonds is 3. The van der Waals surface area contributed by atoms with Crippen LogP contribution in [0.1, 0.15) is 36.2 Å². The Hall–Kier alpha value is -1.63. The average Bonchev–Trinajstić information content (AvgIpc) is 2.38. The largest absolute Gasteiger partial charge is 0.294 e. The highest BCUT2D eigenvalue weighted by Crippen LogP contribution is 2.25. The summed E-state index contributed by atoms with van der Waals surface area (Å²) in [6, 6.07) is 12.1. The van der Waals surface area contributed by atoms with Crippen molar-refractivity contribution in [1.82, 2.24) is 0 Å². The van der Waals surface area contributed by atoms with Gasteiger partial charge in [-0.1, -0.05) is 50.2 Å². The van der Waals surface area contributed by atoms with Crippen molar-refractivity contribution < 1.29 is 4.79 Å². The van der Waals surface area contributed by atoms with E-state index in [-0.39, 0.29) is 11.7 Å². The predicted octanol–water partition coefficient (Wildman–Crippen LogP) is 4.38. The van der Waals surface area contributed by atoms with Crippen LogP contribution < -0.4 is 0 Å². The Labute approximate surface area is 102 Å². The number of aryl methyl sites for hydroxylation is 1. The molecule has 17 heavy (non-hydrogen) atoms. The summed E-state index contributed by atoms with van der Waals surface area (Å²) in [4.78, 5) is 12.3. The fraction of sp³-hybridized carbons (Fsp3) is 0.312. The maximum atomic E-state index is 12.3. The molecule has 1 heteroatoms. The maximum absolute atomic E-state index is 12.3. The summed E-state index contributed by atoms with van der Waals surface area (Å²) in [6.45, 7) is 6.13. The smallest absolute Gasteiger partial charge is 0.166 e. The molecule has 0 fully saturated rings. The van der Waals surface area contributed by atoms with Gasteiger partial charge >= 0.3 is 0 Å². The van der Waals surface area contributed by atoms with Crippen molar-refractivity contribution in [2.45, 2.75) is 27.2 Å². The van der Waals surface area contributed by atoms with E-state index < -0.39 is 0 Å². The number of benzene rings is 2. The summed E-state index contributed by atoms with van der Waals surface area (Å²) in [5, 5.41) is 2.26. The van der Waals surface area contributed by atoms with Crippen LogP contribution in [0, 0.1) is 12.8 Å². The van der Waals surface area contributed by atoms with E-state index in [0.717, 1.165) is 17.4 Å². The van der Waals surface area contributed by atoms with Gasteiger partial charge in [0.1, 0.15) is 0 Å². The van der Waals surface area contributed by atoms with Crippen molar-refractivity contribution in [2.24, 2.45) is 5.92 Å². The molecule has 1 nitrogen and oxygen atoms in total. The van der Waals surface area contributed by atoms with Gasteiger partial charge in [0, 0.05) is 11.5 Å². The number of carbonyl (C=O) groups is 1. The standard InChI is InChI=1S/C16H18O/c1-4-11(2)16(17)15-10-9-12(3)13-7-5-6-8-14(13)15/h5-11H,4H2,1-3H3. The van der Waals surface area contributed by atoms with Crippen LogP contribution in [0.25, 0.3) is 10.8 Å². The highest BCUT2D eigenvalue weighted by Gasteiger charge is 2.16. The second-order valence-corrected chi connectivity index (χ2v) is 4.65. The minimum absolute atomic E-state index is 0.0983. The van der Waals surface area contributed by atoms with E-state index in [1.165, 1.54) is 10.9 Å². The SMILES string of the molecule is CCC(C)C(=O)c1ccc(C)c2ccccc12. The van der Waals surface area contributed by atoms with Crippen LogP contribution in [0.4, 0.5) is 0 Å². The average molecular weight is 226 g/mol. The topological polar surface area (TPSA) is 17.1 Å². The third-order valence-electron chi connectivity index (χ3n) is 3.47. The molecule has 0 aliphatic rings. The molecule has 0 amide bonds. The number of hydrogen-bond acceptors (Lipinski definition) is 1. The lowest BCUT2D eigenvalue weighted by atomic mass is 9.91. The minimum Gasteiger partial charge on any atom is -0.294 e. The van der Waals surface area contributed by atoms with Crippen molar-refractivity contribution in [3.63, 3.8) is 0 Å². The molecule has 2 aromatic rings. The summed E-state index contributed by atoms with van der Waals surface area (Å²) in [6.07, 6.45) is 0.890. The van der Waals surface area contributed by atoms with Crippen LogP contribution in [0.3, 0.4) is 0 Å². The maximum Gasteiger partial charge on any atom is 0.166 e. The summed E-state index contributed by atoms with van der Waals surface area (Å²) in [5.74, 6) is 0.352. The van der Waals surface area contributed by atoms with E-state index in [1.54, 1.807) is 0 Å². The van der Waals surface area contributed by atoms with E-state index in [9.17, 15) is 4.79 Å². The molecule has 2 aromatic carbocycles. The van der Waals surface area contributed by atoms with Gasteiger partial charge in [0.2, 0.25) is 0 Å². The highest BCUT2D eigenvalue weighted by atomic mass is 16.1. The van der Waals surface area contributed by atoms with E-state index in [0.29, 0.717) is 0 Å². The summed E-state index contributed by atoms with van der Waals surface area (Å²) >= 11 is 0. The van der Waals surface area contributed by atoms with Gasteiger partial charge in [-0.2, -0.15) is 0 Å². The van der Waals surface area contributed by atoms with Crippen molar-refractivity contribution in [2.75, 3.05) is 0 Å². The number of Topliss-reactive ketones (excluding diaryl/α,β-unsaturated/α-hetero) is 1. The predicted molar refractivity (Wildman–Crippen MR) is 72.5 cm³/mol. The monoisotopic (exact) mass is 226 g/mol. The van der Waals surface area contributed by atoms with Gasteiger partial charge in [-0.05, 0) is 29.7 Å². The second kappa shape index (κ2) is 4.70. The van der Waals surface area contributed by atoms with Gasteiger partial charge in [0.15, 0.2) is 5.78 Å². The Morgan fingerprint density at radius 3 is 2.41 bits per heavy atom. The number of fused-ring (bicyclic) bond motifs is 1. The lowest BCUT2D eigenvalue weighted by Gasteiger charge is -2.11. The molecule has 0 N–H and O–H groups in total. The Morgan fingerprint density at radius 2 is 1.76 bits per heavy atom. The van der Waals surface area contributed by atoms with Crippen molar-refractivity contribution >= 4 is 16.6 Å². The molecule has 0 aliphatic heterocycles. The van der Waals surface area contributed by atoms with E-state index >= 15 is 0 Å². The van der Waals surface area contributed by atoms with Crippen molar-refractivity contribution in [1.29, 1.82) is 0 Å². The molecule has 1 unspecified atom stereocenters. The Bertz CT molecular complexity index is 554. The summed E-state index contributed by atoms with van der Waals surface area (Å²) < 4.78 is 0. The molecule has 0 aliphatic carbocycles. The van der Waals surface area contributed by atoms with Crippen LogP contribution in [0.5, 0.6) is 0 Å². The quantitative estimate of drug-likeness (QED) is 0.710. The van der Waals surface area contributed by atoms with Gasteiger partial charge in [-0.3, -0.25) is 4.79 Å². The molecule has 0 saturated carbocycles. The van der Waals surface area contributed by atoms with Crippen LogP contribution in [0.15, 0.2) is 36.4 Å². The molecule has 0 radical (unpaired) electrons. The molecular formula is C16H18O. The van der Waals surface area contributed by atoms with E-state index in [4.69, 9.17) is 0 Å². The molecule has 88 valence electrons. The van der Waals surface area contributed by atoms with Crippen LogP contribution in [-0.4, -0.2) is 5.78 Å². The lowest BCUT2D eigenvalue weighted by Crippen LogP contribution is -2.10. The first-order valence-corrected chi connectivity index (χ1v) is 6.17. The molecule has 0 heterocycles. The molecule has 0 aromatic heterocycles. The molecule has 0 spiro atoms. The Morgan fingerprint density at radius 1 is 1.12 bits per heavy atom. The molecular weight excluding hydrogens is 208 g/mol. The zero-order valence-electron chi connectivity index (χ0n) is 10.7. The molecule has 0 saturated heterocycles. The normalized spacial score (nSPS) is 12.6. The van der Waals surface area contributed by atoms with E-state index in [1.807, 2.05) is 37.3 Å². The third kappa shape index (κ3) is 2.10. The van der Waals surface area contributed by atoms with Gasteiger partial charge < -0.3 is 0 Å². The minimum atomic E-state index is 0.0983. The molecule has 2 rings (SSSR count).